The zero-order valence-corrected chi connectivity index (χ0v) is 9.97. The highest BCUT2D eigenvalue weighted by Crippen LogP contribution is 2.14. The summed E-state index contributed by atoms with van der Waals surface area (Å²) < 4.78 is 5.66. The summed E-state index contributed by atoms with van der Waals surface area (Å²) in [5.41, 5.74) is 8.10. The lowest BCUT2D eigenvalue weighted by molar-refractivity contribution is 0.306. The first-order valence-corrected chi connectivity index (χ1v) is 5.78. The molecule has 17 heavy (non-hydrogen) atoms. The summed E-state index contributed by atoms with van der Waals surface area (Å²) in [6.07, 6.45) is 0. The Morgan fingerprint density at radius 2 is 1.65 bits per heavy atom. The van der Waals surface area contributed by atoms with E-state index >= 15 is 0 Å². The van der Waals surface area contributed by atoms with E-state index in [0.29, 0.717) is 6.61 Å². The van der Waals surface area contributed by atoms with Gasteiger partial charge in [0.1, 0.15) is 12.4 Å². The SMILES string of the molecule is C[C@@H](N)c1ccc(COc2ccccc2)cc1. The van der Waals surface area contributed by atoms with Gasteiger partial charge in [-0.3, -0.25) is 0 Å². The van der Waals surface area contributed by atoms with E-state index in [4.69, 9.17) is 10.5 Å². The number of hydrogen-bond donors (Lipinski definition) is 1. The van der Waals surface area contributed by atoms with Crippen LogP contribution in [0.5, 0.6) is 5.75 Å². The topological polar surface area (TPSA) is 35.2 Å². The van der Waals surface area contributed by atoms with Crippen molar-refractivity contribution in [1.29, 1.82) is 0 Å². The summed E-state index contributed by atoms with van der Waals surface area (Å²) in [6, 6.07) is 18.1. The van der Waals surface area contributed by atoms with Crippen molar-refractivity contribution in [2.24, 2.45) is 5.73 Å². The van der Waals surface area contributed by atoms with Gasteiger partial charge in [-0.2, -0.15) is 0 Å². The average Bonchev–Trinajstić information content (AvgIpc) is 2.38. The highest BCUT2D eigenvalue weighted by atomic mass is 16.5. The summed E-state index contributed by atoms with van der Waals surface area (Å²) in [5.74, 6) is 0.892. The van der Waals surface area contributed by atoms with E-state index in [-0.39, 0.29) is 6.04 Å². The second-order valence-electron chi connectivity index (χ2n) is 4.13. The number of ether oxygens (including phenoxy) is 1. The molecule has 0 heterocycles. The molecule has 0 fully saturated rings. The fourth-order valence-corrected chi connectivity index (χ4v) is 1.60. The minimum atomic E-state index is 0.0825. The molecule has 0 radical (unpaired) electrons. The Labute approximate surface area is 102 Å². The third-order valence-corrected chi connectivity index (χ3v) is 2.65. The van der Waals surface area contributed by atoms with Gasteiger partial charge in [-0.1, -0.05) is 42.5 Å². The summed E-state index contributed by atoms with van der Waals surface area (Å²) in [5, 5.41) is 0. The van der Waals surface area contributed by atoms with Crippen molar-refractivity contribution in [3.8, 4) is 5.75 Å². The van der Waals surface area contributed by atoms with Crippen molar-refractivity contribution < 1.29 is 4.74 Å². The van der Waals surface area contributed by atoms with Crippen molar-refractivity contribution in [2.75, 3.05) is 0 Å². The highest BCUT2D eigenvalue weighted by molar-refractivity contribution is 5.25. The minimum Gasteiger partial charge on any atom is -0.489 e. The van der Waals surface area contributed by atoms with Gasteiger partial charge in [0.05, 0.1) is 0 Å². The fourth-order valence-electron chi connectivity index (χ4n) is 1.60. The van der Waals surface area contributed by atoms with Crippen LogP contribution in [0.3, 0.4) is 0 Å². The molecule has 0 aliphatic carbocycles. The predicted octanol–water partition coefficient (Wildman–Crippen LogP) is 3.29. The van der Waals surface area contributed by atoms with E-state index in [1.807, 2.05) is 49.4 Å². The molecule has 2 rings (SSSR count). The van der Waals surface area contributed by atoms with Crippen LogP contribution in [-0.4, -0.2) is 0 Å². The van der Waals surface area contributed by atoms with Crippen molar-refractivity contribution in [1.82, 2.24) is 0 Å². The average molecular weight is 227 g/mol. The second-order valence-corrected chi connectivity index (χ2v) is 4.13. The Hall–Kier alpha value is -1.80. The third-order valence-electron chi connectivity index (χ3n) is 2.65. The van der Waals surface area contributed by atoms with Crippen LogP contribution >= 0.6 is 0 Å². The molecule has 0 amide bonds. The van der Waals surface area contributed by atoms with Crippen LogP contribution in [0.15, 0.2) is 54.6 Å². The van der Waals surface area contributed by atoms with Crippen LogP contribution in [0.25, 0.3) is 0 Å². The van der Waals surface area contributed by atoms with E-state index in [1.54, 1.807) is 0 Å². The number of para-hydroxylation sites is 1. The number of rotatable bonds is 4. The van der Waals surface area contributed by atoms with E-state index in [0.717, 1.165) is 16.9 Å². The van der Waals surface area contributed by atoms with Gasteiger partial charge >= 0.3 is 0 Å². The maximum Gasteiger partial charge on any atom is 0.119 e. The zero-order valence-electron chi connectivity index (χ0n) is 9.97. The van der Waals surface area contributed by atoms with Gasteiger partial charge in [0.15, 0.2) is 0 Å². The predicted molar refractivity (Wildman–Crippen MR) is 69.8 cm³/mol. The minimum absolute atomic E-state index is 0.0825. The lowest BCUT2D eigenvalue weighted by Crippen LogP contribution is -2.05. The standard InChI is InChI=1S/C15H17NO/c1-12(16)14-9-7-13(8-10-14)11-17-15-5-3-2-4-6-15/h2-10,12H,11,16H2,1H3/t12-/m1/s1. The third kappa shape index (κ3) is 3.33. The second kappa shape index (κ2) is 5.51. The molecule has 0 saturated heterocycles. The first kappa shape index (κ1) is 11.7. The van der Waals surface area contributed by atoms with E-state index in [2.05, 4.69) is 12.1 Å². The van der Waals surface area contributed by atoms with Crippen LogP contribution in [0, 0.1) is 0 Å². The van der Waals surface area contributed by atoms with Crippen molar-refractivity contribution >= 4 is 0 Å². The number of benzene rings is 2. The first-order chi connectivity index (χ1) is 8.25. The van der Waals surface area contributed by atoms with Gasteiger partial charge in [0, 0.05) is 6.04 Å². The molecule has 0 bridgehead atoms. The molecule has 0 unspecified atom stereocenters. The summed E-state index contributed by atoms with van der Waals surface area (Å²) in [6.45, 7) is 2.57. The van der Waals surface area contributed by atoms with Gasteiger partial charge in [0.2, 0.25) is 0 Å². The Kier molecular flexibility index (Phi) is 3.78. The Bertz CT molecular complexity index is 448. The monoisotopic (exact) mass is 227 g/mol. The molecule has 2 aromatic carbocycles. The smallest absolute Gasteiger partial charge is 0.119 e. The Balaban J connectivity index is 1.96. The molecule has 2 nitrogen and oxygen atoms in total. The maximum atomic E-state index is 5.80. The van der Waals surface area contributed by atoms with Gasteiger partial charge in [0.25, 0.3) is 0 Å². The summed E-state index contributed by atoms with van der Waals surface area (Å²) >= 11 is 0. The lowest BCUT2D eigenvalue weighted by atomic mass is 10.1. The van der Waals surface area contributed by atoms with Crippen molar-refractivity contribution in [3.63, 3.8) is 0 Å². The Morgan fingerprint density at radius 3 is 2.24 bits per heavy atom. The molecule has 0 aromatic heterocycles. The Morgan fingerprint density at radius 1 is 1.00 bits per heavy atom. The fraction of sp³-hybridized carbons (Fsp3) is 0.200. The molecule has 2 heteroatoms. The van der Waals surface area contributed by atoms with Crippen LogP contribution in [0.4, 0.5) is 0 Å². The molecule has 2 aromatic rings. The highest BCUT2D eigenvalue weighted by Gasteiger charge is 1.99. The normalized spacial score (nSPS) is 12.1. The van der Waals surface area contributed by atoms with Crippen molar-refractivity contribution in [3.05, 3.63) is 65.7 Å². The quantitative estimate of drug-likeness (QED) is 0.870. The van der Waals surface area contributed by atoms with E-state index < -0.39 is 0 Å². The molecule has 0 saturated carbocycles. The van der Waals surface area contributed by atoms with Gasteiger partial charge < -0.3 is 10.5 Å². The molecule has 0 spiro atoms. The number of hydrogen-bond acceptors (Lipinski definition) is 2. The molecular weight excluding hydrogens is 210 g/mol. The summed E-state index contributed by atoms with van der Waals surface area (Å²) in [4.78, 5) is 0. The van der Waals surface area contributed by atoms with Crippen molar-refractivity contribution in [2.45, 2.75) is 19.6 Å². The molecule has 0 aliphatic heterocycles. The van der Waals surface area contributed by atoms with Crippen LogP contribution in [0.2, 0.25) is 0 Å². The molecule has 0 aliphatic rings. The molecule has 2 N–H and O–H groups in total. The maximum absolute atomic E-state index is 5.80. The largest absolute Gasteiger partial charge is 0.489 e. The van der Waals surface area contributed by atoms with Crippen LogP contribution in [-0.2, 0) is 6.61 Å². The lowest BCUT2D eigenvalue weighted by Gasteiger charge is -2.08. The summed E-state index contributed by atoms with van der Waals surface area (Å²) in [7, 11) is 0. The molecule has 1 atom stereocenters. The van der Waals surface area contributed by atoms with Gasteiger partial charge in [-0.15, -0.1) is 0 Å². The van der Waals surface area contributed by atoms with E-state index in [1.165, 1.54) is 0 Å². The first-order valence-electron chi connectivity index (χ1n) is 5.78. The molecule has 88 valence electrons. The van der Waals surface area contributed by atoms with Gasteiger partial charge in [-0.05, 0) is 30.2 Å². The number of nitrogens with two attached hydrogens (primary N) is 1. The van der Waals surface area contributed by atoms with Crippen LogP contribution in [0.1, 0.15) is 24.1 Å². The van der Waals surface area contributed by atoms with E-state index in [9.17, 15) is 0 Å². The van der Waals surface area contributed by atoms with Gasteiger partial charge in [-0.25, -0.2) is 0 Å². The van der Waals surface area contributed by atoms with Crippen LogP contribution < -0.4 is 10.5 Å². The molecular formula is C15H17NO. The zero-order chi connectivity index (χ0) is 12.1.